The van der Waals surface area contributed by atoms with Gasteiger partial charge in [-0.1, -0.05) is 47.8 Å². The summed E-state index contributed by atoms with van der Waals surface area (Å²) in [6.45, 7) is 4.68. The van der Waals surface area contributed by atoms with Crippen LogP contribution >= 0.6 is 23.5 Å². The normalized spacial score (nSPS) is 18.7. The zero-order valence-electron chi connectivity index (χ0n) is 17.9. The minimum absolute atomic E-state index is 0.0666. The molecule has 2 fully saturated rings. The maximum absolute atomic E-state index is 12.3. The third-order valence-electron chi connectivity index (χ3n) is 4.58. The molecule has 0 atom stereocenters. The topological polar surface area (TPSA) is 93.2 Å². The third-order valence-corrected chi connectivity index (χ3v) is 6.63. The molecule has 0 saturated carbocycles. The van der Waals surface area contributed by atoms with Gasteiger partial charge in [0.25, 0.3) is 0 Å². The van der Waals surface area contributed by atoms with Crippen LogP contribution in [0.1, 0.15) is 25.0 Å². The highest BCUT2D eigenvalue weighted by Crippen LogP contribution is 2.32. The molecular weight excluding hydrogens is 452 g/mol. The number of benzene rings is 1. The van der Waals surface area contributed by atoms with Crippen molar-refractivity contribution in [2.75, 3.05) is 24.7 Å². The lowest BCUT2D eigenvalue weighted by atomic mass is 10.1. The van der Waals surface area contributed by atoms with Crippen LogP contribution in [0, 0.1) is 0 Å². The lowest BCUT2D eigenvalue weighted by Crippen LogP contribution is -2.25. The van der Waals surface area contributed by atoms with Crippen LogP contribution in [-0.4, -0.2) is 58.3 Å². The van der Waals surface area contributed by atoms with Gasteiger partial charge in [-0.25, -0.2) is 9.59 Å². The maximum atomic E-state index is 12.3. The summed E-state index contributed by atoms with van der Waals surface area (Å²) in [6, 6.07) is 7.54. The van der Waals surface area contributed by atoms with Gasteiger partial charge >= 0.3 is 11.9 Å². The molecule has 0 aromatic heterocycles. The van der Waals surface area contributed by atoms with Crippen molar-refractivity contribution in [2.45, 2.75) is 26.9 Å². The number of amides is 2. The Bertz CT molecular complexity index is 881. The molecule has 0 unspecified atom stereocenters. The molecule has 0 bridgehead atoms. The summed E-state index contributed by atoms with van der Waals surface area (Å²) < 4.78 is 9.87. The average molecular weight is 477 g/mol. The van der Waals surface area contributed by atoms with E-state index >= 15 is 0 Å². The Kier molecular flexibility index (Phi) is 8.40. The number of ether oxygens (including phenoxy) is 2. The second-order valence-corrected chi connectivity index (χ2v) is 8.81. The predicted molar refractivity (Wildman–Crippen MR) is 122 cm³/mol. The average Bonchev–Trinajstić information content (AvgIpc) is 3.27. The van der Waals surface area contributed by atoms with Crippen molar-refractivity contribution in [3.05, 3.63) is 57.6 Å². The van der Waals surface area contributed by atoms with E-state index in [4.69, 9.17) is 9.47 Å². The van der Waals surface area contributed by atoms with Gasteiger partial charge in [0.05, 0.1) is 60.0 Å². The second kappa shape index (κ2) is 11.2. The van der Waals surface area contributed by atoms with E-state index in [1.165, 1.54) is 35.7 Å². The minimum Gasteiger partial charge on any atom is -0.463 e. The Balaban J connectivity index is 1.67. The fourth-order valence-corrected chi connectivity index (χ4v) is 4.94. The van der Waals surface area contributed by atoms with Crippen LogP contribution in [0.15, 0.2) is 46.5 Å². The standard InChI is InChI=1S/C22H24N2O6S2/c1-3-29-21(27)9-19-23(17(25)13-31-19)11-15-5-7-16(8-6-15)12-24-18(26)14-32-20(24)10-22(28)30-4-2/h5-10H,3-4,11-14H2,1-2H3/b19-9-,20-10-. The highest BCUT2D eigenvalue weighted by Gasteiger charge is 2.29. The Labute approximate surface area is 195 Å². The summed E-state index contributed by atoms with van der Waals surface area (Å²) in [6.07, 6.45) is 2.70. The summed E-state index contributed by atoms with van der Waals surface area (Å²) in [5, 5.41) is 1.15. The van der Waals surface area contributed by atoms with Gasteiger partial charge < -0.3 is 19.3 Å². The van der Waals surface area contributed by atoms with E-state index in [2.05, 4.69) is 0 Å². The van der Waals surface area contributed by atoms with Crippen molar-refractivity contribution in [2.24, 2.45) is 0 Å². The Hall–Kier alpha value is -2.72. The summed E-state index contributed by atoms with van der Waals surface area (Å²) in [4.78, 5) is 51.1. The smallest absolute Gasteiger partial charge is 0.333 e. The molecular formula is C22H24N2O6S2. The summed E-state index contributed by atoms with van der Waals surface area (Å²) in [5.74, 6) is -0.498. The van der Waals surface area contributed by atoms with Gasteiger partial charge in [-0.15, -0.1) is 0 Å². The zero-order chi connectivity index (χ0) is 23.1. The van der Waals surface area contributed by atoms with Crippen molar-refractivity contribution in [3.63, 3.8) is 0 Å². The predicted octanol–water partition coefficient (Wildman–Crippen LogP) is 2.65. The molecule has 2 saturated heterocycles. The Morgan fingerprint density at radius 1 is 0.812 bits per heavy atom. The molecule has 0 aliphatic carbocycles. The zero-order valence-corrected chi connectivity index (χ0v) is 19.5. The van der Waals surface area contributed by atoms with E-state index in [1.807, 2.05) is 24.3 Å². The van der Waals surface area contributed by atoms with Gasteiger partial charge in [0.2, 0.25) is 11.8 Å². The lowest BCUT2D eigenvalue weighted by molar-refractivity contribution is -0.138. The first-order valence-corrected chi connectivity index (χ1v) is 12.1. The van der Waals surface area contributed by atoms with Gasteiger partial charge in [-0.2, -0.15) is 0 Å². The van der Waals surface area contributed by atoms with E-state index in [0.717, 1.165) is 11.1 Å². The number of carbonyl (C=O) groups is 4. The molecule has 0 N–H and O–H groups in total. The highest BCUT2D eigenvalue weighted by molar-refractivity contribution is 8.04. The van der Waals surface area contributed by atoms with Gasteiger partial charge in [0.15, 0.2) is 0 Å². The number of rotatable bonds is 8. The molecule has 3 rings (SSSR count). The summed E-state index contributed by atoms with van der Waals surface area (Å²) in [7, 11) is 0. The van der Waals surface area contributed by atoms with Crippen molar-refractivity contribution < 1.29 is 28.7 Å². The molecule has 32 heavy (non-hydrogen) atoms. The molecule has 8 nitrogen and oxygen atoms in total. The molecule has 170 valence electrons. The number of hydrogen-bond acceptors (Lipinski definition) is 8. The van der Waals surface area contributed by atoms with Crippen LogP contribution in [0.2, 0.25) is 0 Å². The first-order valence-electron chi connectivity index (χ1n) is 10.1. The van der Waals surface area contributed by atoms with Crippen molar-refractivity contribution in [3.8, 4) is 0 Å². The monoisotopic (exact) mass is 476 g/mol. The SMILES string of the molecule is CCOC(=O)/C=C1\SCC(=O)N1Cc1ccc(CN2C(=O)CS/C2=C\C(=O)OCC)cc1. The number of nitrogens with zero attached hydrogens (tertiary/aromatic N) is 2. The molecule has 2 aliphatic heterocycles. The molecule has 1 aromatic carbocycles. The molecule has 2 heterocycles. The van der Waals surface area contributed by atoms with Crippen molar-refractivity contribution in [1.82, 2.24) is 9.80 Å². The van der Waals surface area contributed by atoms with Crippen LogP contribution in [0.25, 0.3) is 0 Å². The van der Waals surface area contributed by atoms with Gasteiger partial charge in [-0.05, 0) is 25.0 Å². The highest BCUT2D eigenvalue weighted by atomic mass is 32.2. The molecule has 2 amide bonds. The van der Waals surface area contributed by atoms with E-state index in [0.29, 0.717) is 23.1 Å². The van der Waals surface area contributed by atoms with Crippen LogP contribution < -0.4 is 0 Å². The van der Waals surface area contributed by atoms with E-state index < -0.39 is 11.9 Å². The van der Waals surface area contributed by atoms with Crippen molar-refractivity contribution >= 4 is 47.3 Å². The molecule has 2 aliphatic rings. The van der Waals surface area contributed by atoms with E-state index in [-0.39, 0.29) is 36.5 Å². The first kappa shape index (κ1) is 23.9. The number of thioether (sulfide) groups is 2. The Morgan fingerprint density at radius 2 is 1.19 bits per heavy atom. The van der Waals surface area contributed by atoms with Crippen molar-refractivity contribution in [1.29, 1.82) is 0 Å². The third kappa shape index (κ3) is 6.17. The number of esters is 2. The first-order chi connectivity index (χ1) is 15.4. The summed E-state index contributed by atoms with van der Waals surface area (Å²) in [5.41, 5.74) is 1.78. The van der Waals surface area contributed by atoms with Gasteiger partial charge in [-0.3, -0.25) is 9.59 Å². The summed E-state index contributed by atoms with van der Waals surface area (Å²) >= 11 is 2.62. The van der Waals surface area contributed by atoms with E-state index in [1.54, 1.807) is 23.6 Å². The maximum Gasteiger partial charge on any atom is 0.333 e. The van der Waals surface area contributed by atoms with Gasteiger partial charge in [0.1, 0.15) is 0 Å². The van der Waals surface area contributed by atoms with Crippen LogP contribution in [0.4, 0.5) is 0 Å². The number of carbonyl (C=O) groups excluding carboxylic acids is 4. The van der Waals surface area contributed by atoms with Crippen LogP contribution in [0.3, 0.4) is 0 Å². The fraction of sp³-hybridized carbons (Fsp3) is 0.364. The van der Waals surface area contributed by atoms with E-state index in [9.17, 15) is 19.2 Å². The van der Waals surface area contributed by atoms with Gasteiger partial charge in [0, 0.05) is 0 Å². The largest absolute Gasteiger partial charge is 0.463 e. The molecule has 10 heteroatoms. The minimum atomic E-state index is -0.468. The molecule has 0 radical (unpaired) electrons. The van der Waals surface area contributed by atoms with Crippen LogP contribution in [0.5, 0.6) is 0 Å². The number of hydrogen-bond donors (Lipinski definition) is 0. The quantitative estimate of drug-likeness (QED) is 0.418. The second-order valence-electron chi connectivity index (χ2n) is 6.82. The fourth-order valence-electron chi connectivity index (χ4n) is 3.08. The molecule has 0 spiro atoms. The van der Waals surface area contributed by atoms with Crippen LogP contribution in [-0.2, 0) is 41.7 Å². The molecule has 1 aromatic rings. The lowest BCUT2D eigenvalue weighted by Gasteiger charge is -2.19. The Morgan fingerprint density at radius 3 is 1.53 bits per heavy atom.